The van der Waals surface area contributed by atoms with Crippen LogP contribution in [-0.2, 0) is 16.2 Å². The third-order valence-electron chi connectivity index (χ3n) is 4.66. The molecule has 0 aliphatic carbocycles. The fraction of sp³-hybridized carbons (Fsp3) is 0.391. The van der Waals surface area contributed by atoms with Crippen molar-refractivity contribution in [2.24, 2.45) is 10.6 Å². The molecule has 0 unspecified atom stereocenters. The summed E-state index contributed by atoms with van der Waals surface area (Å²) < 4.78 is 13.2. The lowest BCUT2D eigenvalue weighted by atomic mass is 9.91. The Morgan fingerprint density at radius 3 is 2.55 bits per heavy atom. The normalized spacial score (nSPS) is 16.3. The van der Waals surface area contributed by atoms with Gasteiger partial charge < -0.3 is 9.74 Å². The van der Waals surface area contributed by atoms with Gasteiger partial charge in [-0.25, -0.2) is 4.39 Å². The summed E-state index contributed by atoms with van der Waals surface area (Å²) in [5, 5.41) is 4.83. The SMILES string of the molecule is CC(C)(C)CC(=O)N(Cc1ccc(F)cc1)C[C@@H]1CC(c2ccccc2Cl)=NO1. The first-order valence-electron chi connectivity index (χ1n) is 9.71. The lowest BCUT2D eigenvalue weighted by molar-refractivity contribution is -0.135. The fourth-order valence-corrected chi connectivity index (χ4v) is 3.50. The minimum Gasteiger partial charge on any atom is -0.390 e. The maximum Gasteiger partial charge on any atom is 0.223 e. The number of hydrogen-bond acceptors (Lipinski definition) is 3. The van der Waals surface area contributed by atoms with Crippen LogP contribution in [0.4, 0.5) is 4.39 Å². The number of carbonyl (C=O) groups excluding carboxylic acids is 1. The van der Waals surface area contributed by atoms with Crippen LogP contribution < -0.4 is 0 Å². The number of carbonyl (C=O) groups is 1. The maximum atomic E-state index is 13.2. The van der Waals surface area contributed by atoms with Gasteiger partial charge in [0, 0.05) is 30.0 Å². The molecule has 1 amide bonds. The minimum absolute atomic E-state index is 0.0385. The van der Waals surface area contributed by atoms with Crippen molar-refractivity contribution in [3.8, 4) is 0 Å². The molecule has 2 aromatic rings. The molecule has 0 bridgehead atoms. The van der Waals surface area contributed by atoms with Crippen molar-refractivity contribution in [1.29, 1.82) is 0 Å². The number of oxime groups is 1. The Balaban J connectivity index is 1.70. The summed E-state index contributed by atoms with van der Waals surface area (Å²) in [5.74, 6) is -0.255. The second-order valence-electron chi connectivity index (χ2n) is 8.59. The van der Waals surface area contributed by atoms with Gasteiger partial charge in [-0.05, 0) is 29.2 Å². The molecule has 29 heavy (non-hydrogen) atoms. The molecule has 0 saturated heterocycles. The molecule has 1 atom stereocenters. The minimum atomic E-state index is -0.293. The Kier molecular flexibility index (Phi) is 6.58. The van der Waals surface area contributed by atoms with E-state index in [2.05, 4.69) is 5.16 Å². The van der Waals surface area contributed by atoms with Gasteiger partial charge in [0.25, 0.3) is 0 Å². The third-order valence-corrected chi connectivity index (χ3v) is 4.99. The van der Waals surface area contributed by atoms with Crippen LogP contribution in [0.5, 0.6) is 0 Å². The fourth-order valence-electron chi connectivity index (χ4n) is 3.26. The second-order valence-corrected chi connectivity index (χ2v) is 8.99. The van der Waals surface area contributed by atoms with Crippen molar-refractivity contribution in [3.05, 3.63) is 70.5 Å². The van der Waals surface area contributed by atoms with Gasteiger partial charge in [-0.15, -0.1) is 0 Å². The van der Waals surface area contributed by atoms with Crippen LogP contribution in [-0.4, -0.2) is 29.2 Å². The summed E-state index contributed by atoms with van der Waals surface area (Å²) in [7, 11) is 0. The molecule has 6 heteroatoms. The van der Waals surface area contributed by atoms with E-state index >= 15 is 0 Å². The van der Waals surface area contributed by atoms with E-state index in [0.717, 1.165) is 16.8 Å². The van der Waals surface area contributed by atoms with Crippen molar-refractivity contribution in [1.82, 2.24) is 4.90 Å². The Labute approximate surface area is 176 Å². The predicted molar refractivity (Wildman–Crippen MR) is 113 cm³/mol. The zero-order valence-corrected chi connectivity index (χ0v) is 17.7. The topological polar surface area (TPSA) is 41.9 Å². The molecule has 154 valence electrons. The van der Waals surface area contributed by atoms with Gasteiger partial charge in [0.15, 0.2) is 6.10 Å². The summed E-state index contributed by atoms with van der Waals surface area (Å²) in [4.78, 5) is 20.4. The van der Waals surface area contributed by atoms with Gasteiger partial charge in [-0.3, -0.25) is 4.79 Å². The number of hydrogen-bond donors (Lipinski definition) is 0. The molecule has 4 nitrogen and oxygen atoms in total. The number of rotatable bonds is 6. The molecule has 1 heterocycles. The van der Waals surface area contributed by atoms with E-state index in [9.17, 15) is 9.18 Å². The average Bonchev–Trinajstić information content (AvgIpc) is 3.10. The maximum absolute atomic E-state index is 13.2. The first-order chi connectivity index (χ1) is 13.7. The van der Waals surface area contributed by atoms with Crippen LogP contribution in [0, 0.1) is 11.2 Å². The standard InChI is InChI=1S/C23H26ClFN2O2/c1-23(2,3)13-22(28)27(14-16-8-10-17(25)11-9-16)15-18-12-21(26-29-18)19-6-4-5-7-20(19)24/h4-11,18H,12-15H2,1-3H3/t18-/m0/s1. The molecule has 0 spiro atoms. The van der Waals surface area contributed by atoms with E-state index in [1.54, 1.807) is 17.0 Å². The molecule has 2 aromatic carbocycles. The Bertz CT molecular complexity index is 890. The van der Waals surface area contributed by atoms with Crippen LogP contribution in [0.3, 0.4) is 0 Å². The molecule has 0 aromatic heterocycles. The van der Waals surface area contributed by atoms with Crippen molar-refractivity contribution in [3.63, 3.8) is 0 Å². The zero-order valence-electron chi connectivity index (χ0n) is 17.0. The van der Waals surface area contributed by atoms with E-state index in [-0.39, 0.29) is 23.2 Å². The summed E-state index contributed by atoms with van der Waals surface area (Å²) >= 11 is 6.27. The smallest absolute Gasteiger partial charge is 0.223 e. The van der Waals surface area contributed by atoms with Crippen molar-refractivity contribution in [2.45, 2.75) is 46.3 Å². The molecule has 0 saturated carbocycles. The van der Waals surface area contributed by atoms with Crippen LogP contribution in [0.15, 0.2) is 53.7 Å². The number of benzene rings is 2. The summed E-state index contributed by atoms with van der Waals surface area (Å²) in [6.45, 7) is 6.91. The number of halogens is 2. The lowest BCUT2D eigenvalue weighted by Gasteiger charge is -2.28. The van der Waals surface area contributed by atoms with Gasteiger partial charge in [0.05, 0.1) is 12.3 Å². The largest absolute Gasteiger partial charge is 0.390 e. The first-order valence-corrected chi connectivity index (χ1v) is 10.1. The number of amides is 1. The molecule has 0 fully saturated rings. The van der Waals surface area contributed by atoms with Gasteiger partial charge in [-0.1, -0.05) is 67.9 Å². The van der Waals surface area contributed by atoms with Crippen LogP contribution in [0.1, 0.15) is 44.7 Å². The Morgan fingerprint density at radius 1 is 1.21 bits per heavy atom. The molecular formula is C23H26ClFN2O2. The molecule has 1 aliphatic heterocycles. The monoisotopic (exact) mass is 416 g/mol. The van der Waals surface area contributed by atoms with E-state index in [0.29, 0.717) is 31.0 Å². The summed E-state index contributed by atoms with van der Waals surface area (Å²) in [5.41, 5.74) is 2.38. The number of nitrogens with zero attached hydrogens (tertiary/aromatic N) is 2. The van der Waals surface area contributed by atoms with E-state index < -0.39 is 0 Å². The summed E-state index contributed by atoms with van der Waals surface area (Å²) in [6.07, 6.45) is 0.747. The highest BCUT2D eigenvalue weighted by molar-refractivity contribution is 6.34. The summed E-state index contributed by atoms with van der Waals surface area (Å²) in [6, 6.07) is 13.7. The Hall–Kier alpha value is -2.40. The van der Waals surface area contributed by atoms with Crippen molar-refractivity contribution < 1.29 is 14.0 Å². The van der Waals surface area contributed by atoms with Crippen LogP contribution >= 0.6 is 11.6 Å². The highest BCUT2D eigenvalue weighted by Gasteiger charge is 2.29. The van der Waals surface area contributed by atoms with Gasteiger partial charge in [-0.2, -0.15) is 0 Å². The molecule has 3 rings (SSSR count). The molecule has 0 radical (unpaired) electrons. The highest BCUT2D eigenvalue weighted by atomic mass is 35.5. The quantitative estimate of drug-likeness (QED) is 0.629. The second kappa shape index (κ2) is 8.95. The zero-order chi connectivity index (χ0) is 21.0. The predicted octanol–water partition coefficient (Wildman–Crippen LogP) is 5.44. The van der Waals surface area contributed by atoms with E-state index in [1.165, 1.54) is 12.1 Å². The average molecular weight is 417 g/mol. The van der Waals surface area contributed by atoms with Crippen molar-refractivity contribution in [2.75, 3.05) is 6.54 Å². The highest BCUT2D eigenvalue weighted by Crippen LogP contribution is 2.25. The molecule has 0 N–H and O–H groups in total. The van der Waals surface area contributed by atoms with E-state index in [1.807, 2.05) is 45.0 Å². The molecular weight excluding hydrogens is 391 g/mol. The van der Waals surface area contributed by atoms with Gasteiger partial charge in [0.2, 0.25) is 5.91 Å². The lowest BCUT2D eigenvalue weighted by Crippen LogP contribution is -2.38. The van der Waals surface area contributed by atoms with Crippen molar-refractivity contribution >= 4 is 23.2 Å². The van der Waals surface area contributed by atoms with Crippen LogP contribution in [0.25, 0.3) is 0 Å². The first kappa shape index (κ1) is 21.3. The molecule has 1 aliphatic rings. The van der Waals surface area contributed by atoms with Gasteiger partial charge in [0.1, 0.15) is 5.82 Å². The Morgan fingerprint density at radius 2 is 1.90 bits per heavy atom. The van der Waals surface area contributed by atoms with Gasteiger partial charge >= 0.3 is 0 Å². The third kappa shape index (κ3) is 6.04. The van der Waals surface area contributed by atoms with Crippen LogP contribution in [0.2, 0.25) is 5.02 Å². The van der Waals surface area contributed by atoms with E-state index in [4.69, 9.17) is 16.4 Å².